The minimum absolute atomic E-state index is 0.939. The number of hydrogen-bond donors (Lipinski definition) is 0. The Balaban J connectivity index is 1.99. The Morgan fingerprint density at radius 1 is 1.23 bits per heavy atom. The van der Waals surface area contributed by atoms with Crippen LogP contribution >= 0.6 is 0 Å². The lowest BCUT2D eigenvalue weighted by Crippen LogP contribution is -2.29. The molecule has 0 N–H and O–H groups in total. The molecule has 1 radical (unpaired) electrons. The monoisotopic (exact) mass is 177 g/mol. The average molecular weight is 177 g/mol. The first kappa shape index (κ1) is 9.30. The third kappa shape index (κ3) is 1.98. The van der Waals surface area contributed by atoms with E-state index in [1.165, 1.54) is 38.5 Å². The van der Waals surface area contributed by atoms with Gasteiger partial charge in [0.2, 0.25) is 0 Å². The van der Waals surface area contributed by atoms with E-state index in [9.17, 15) is 0 Å². The summed E-state index contributed by atoms with van der Waals surface area (Å²) in [4.78, 5) is 0. The first-order valence-corrected chi connectivity index (χ1v) is 5.90. The standard InChI is InChI=1S/C13H21/c1-2-6-11-8-5-9-12-7-3-4-10-13(11)12/h3-4,6,11-13H,2,5,7-10H2,1H3. The molecule has 0 aromatic rings. The molecule has 13 heavy (non-hydrogen) atoms. The van der Waals surface area contributed by atoms with Crippen LogP contribution in [0.3, 0.4) is 0 Å². The van der Waals surface area contributed by atoms with Gasteiger partial charge in [0.1, 0.15) is 0 Å². The van der Waals surface area contributed by atoms with Gasteiger partial charge in [-0.05, 0) is 49.9 Å². The fraction of sp³-hybridized carbons (Fsp3) is 0.769. The van der Waals surface area contributed by atoms with E-state index in [0.717, 1.165) is 17.8 Å². The van der Waals surface area contributed by atoms with Crippen LogP contribution in [0.4, 0.5) is 0 Å². The van der Waals surface area contributed by atoms with E-state index in [4.69, 9.17) is 0 Å². The van der Waals surface area contributed by atoms with Gasteiger partial charge in [-0.2, -0.15) is 0 Å². The SMILES string of the molecule is CC[CH]C1CCCC2CC=CCC12. The Morgan fingerprint density at radius 2 is 2.08 bits per heavy atom. The van der Waals surface area contributed by atoms with Crippen LogP contribution < -0.4 is 0 Å². The van der Waals surface area contributed by atoms with Crippen molar-refractivity contribution in [2.75, 3.05) is 0 Å². The molecule has 1 saturated carbocycles. The van der Waals surface area contributed by atoms with Crippen molar-refractivity contribution >= 4 is 0 Å². The summed E-state index contributed by atoms with van der Waals surface area (Å²) in [6.07, 6.45) is 15.8. The van der Waals surface area contributed by atoms with E-state index in [-0.39, 0.29) is 0 Å². The summed E-state index contributed by atoms with van der Waals surface area (Å²) >= 11 is 0. The quantitative estimate of drug-likeness (QED) is 0.560. The molecule has 0 heteroatoms. The topological polar surface area (TPSA) is 0 Å². The second-order valence-corrected chi connectivity index (χ2v) is 4.61. The smallest absolute Gasteiger partial charge is 0.0317 e. The normalized spacial score (nSPS) is 38.7. The molecule has 0 nitrogen and oxygen atoms in total. The average Bonchev–Trinajstić information content (AvgIpc) is 2.19. The van der Waals surface area contributed by atoms with E-state index in [1.54, 1.807) is 0 Å². The van der Waals surface area contributed by atoms with Gasteiger partial charge < -0.3 is 0 Å². The molecular weight excluding hydrogens is 156 g/mol. The minimum Gasteiger partial charge on any atom is -0.0882 e. The van der Waals surface area contributed by atoms with E-state index in [1.807, 2.05) is 0 Å². The molecule has 0 spiro atoms. The predicted octanol–water partition coefficient (Wildman–Crippen LogP) is 3.98. The highest BCUT2D eigenvalue weighted by Gasteiger charge is 2.32. The van der Waals surface area contributed by atoms with E-state index in [0.29, 0.717) is 0 Å². The van der Waals surface area contributed by atoms with Crippen molar-refractivity contribution in [1.29, 1.82) is 0 Å². The maximum atomic E-state index is 2.57. The van der Waals surface area contributed by atoms with Crippen molar-refractivity contribution < 1.29 is 0 Å². The molecule has 0 aromatic heterocycles. The third-order valence-electron chi connectivity index (χ3n) is 3.82. The molecule has 0 saturated heterocycles. The largest absolute Gasteiger partial charge is 0.0882 e. The Hall–Kier alpha value is -0.260. The fourth-order valence-electron chi connectivity index (χ4n) is 3.17. The maximum Gasteiger partial charge on any atom is -0.0317 e. The summed E-state index contributed by atoms with van der Waals surface area (Å²) in [5, 5.41) is 0. The van der Waals surface area contributed by atoms with Crippen LogP contribution in [-0.4, -0.2) is 0 Å². The van der Waals surface area contributed by atoms with Gasteiger partial charge in [0, 0.05) is 0 Å². The molecule has 0 aliphatic heterocycles. The zero-order chi connectivity index (χ0) is 9.10. The minimum atomic E-state index is 0.939. The molecular formula is C13H21. The molecule has 0 aromatic carbocycles. The van der Waals surface area contributed by atoms with E-state index in [2.05, 4.69) is 25.5 Å². The van der Waals surface area contributed by atoms with Crippen LogP contribution in [-0.2, 0) is 0 Å². The first-order valence-electron chi connectivity index (χ1n) is 5.90. The second-order valence-electron chi connectivity index (χ2n) is 4.61. The van der Waals surface area contributed by atoms with Crippen LogP contribution in [0.25, 0.3) is 0 Å². The van der Waals surface area contributed by atoms with Crippen LogP contribution in [0.2, 0.25) is 0 Å². The van der Waals surface area contributed by atoms with Crippen molar-refractivity contribution in [3.8, 4) is 0 Å². The number of fused-ring (bicyclic) bond motifs is 1. The summed E-state index contributed by atoms with van der Waals surface area (Å²) < 4.78 is 0. The Labute approximate surface area is 82.4 Å². The van der Waals surface area contributed by atoms with Crippen LogP contribution in [0.5, 0.6) is 0 Å². The van der Waals surface area contributed by atoms with Gasteiger partial charge in [-0.15, -0.1) is 0 Å². The van der Waals surface area contributed by atoms with Gasteiger partial charge >= 0.3 is 0 Å². The van der Waals surface area contributed by atoms with Gasteiger partial charge in [0.15, 0.2) is 0 Å². The number of hydrogen-bond acceptors (Lipinski definition) is 0. The molecule has 3 unspecified atom stereocenters. The van der Waals surface area contributed by atoms with Gasteiger partial charge in [0.25, 0.3) is 0 Å². The third-order valence-corrected chi connectivity index (χ3v) is 3.82. The maximum absolute atomic E-state index is 2.57. The van der Waals surface area contributed by atoms with Crippen molar-refractivity contribution in [3.63, 3.8) is 0 Å². The molecule has 2 rings (SSSR count). The lowest BCUT2D eigenvalue weighted by atomic mass is 9.66. The molecule has 1 fully saturated rings. The summed E-state index contributed by atoms with van der Waals surface area (Å²) in [5.74, 6) is 2.96. The van der Waals surface area contributed by atoms with Gasteiger partial charge in [-0.3, -0.25) is 0 Å². The van der Waals surface area contributed by atoms with Crippen molar-refractivity contribution in [2.45, 2.75) is 45.4 Å². The highest BCUT2D eigenvalue weighted by molar-refractivity contribution is 5.00. The Morgan fingerprint density at radius 3 is 2.92 bits per heavy atom. The Kier molecular flexibility index (Phi) is 3.08. The molecule has 73 valence electrons. The van der Waals surface area contributed by atoms with Gasteiger partial charge in [-0.1, -0.05) is 31.9 Å². The zero-order valence-corrected chi connectivity index (χ0v) is 8.71. The van der Waals surface area contributed by atoms with E-state index >= 15 is 0 Å². The van der Waals surface area contributed by atoms with Crippen molar-refractivity contribution in [2.24, 2.45) is 17.8 Å². The predicted molar refractivity (Wildman–Crippen MR) is 57.3 cm³/mol. The van der Waals surface area contributed by atoms with Crippen LogP contribution in [0, 0.1) is 24.2 Å². The number of allylic oxidation sites excluding steroid dienone is 2. The molecule has 2 aliphatic carbocycles. The van der Waals surface area contributed by atoms with Gasteiger partial charge in [0.05, 0.1) is 0 Å². The molecule has 0 bridgehead atoms. The fourth-order valence-corrected chi connectivity index (χ4v) is 3.17. The zero-order valence-electron chi connectivity index (χ0n) is 8.71. The summed E-state index contributed by atoms with van der Waals surface area (Å²) in [7, 11) is 0. The van der Waals surface area contributed by atoms with Crippen LogP contribution in [0.1, 0.15) is 45.4 Å². The summed E-state index contributed by atoms with van der Waals surface area (Å²) in [6.45, 7) is 2.28. The first-order chi connectivity index (χ1) is 6.42. The number of rotatable bonds is 2. The highest BCUT2D eigenvalue weighted by Crippen LogP contribution is 2.42. The van der Waals surface area contributed by atoms with Gasteiger partial charge in [-0.25, -0.2) is 0 Å². The summed E-state index contributed by atoms with van der Waals surface area (Å²) in [5.41, 5.74) is 0. The summed E-state index contributed by atoms with van der Waals surface area (Å²) in [6, 6.07) is 0. The molecule has 0 amide bonds. The molecule has 2 aliphatic rings. The molecule has 3 atom stereocenters. The van der Waals surface area contributed by atoms with Crippen molar-refractivity contribution in [1.82, 2.24) is 0 Å². The Bertz CT molecular complexity index is 178. The lowest BCUT2D eigenvalue weighted by Gasteiger charge is -2.39. The van der Waals surface area contributed by atoms with E-state index < -0.39 is 0 Å². The highest BCUT2D eigenvalue weighted by atomic mass is 14.4. The lowest BCUT2D eigenvalue weighted by molar-refractivity contribution is 0.167. The molecule has 0 heterocycles. The second kappa shape index (κ2) is 4.30. The van der Waals surface area contributed by atoms with Crippen molar-refractivity contribution in [3.05, 3.63) is 18.6 Å². The van der Waals surface area contributed by atoms with Crippen LogP contribution in [0.15, 0.2) is 12.2 Å².